The van der Waals surface area contributed by atoms with Crippen LogP contribution in [0.15, 0.2) is 0 Å². The molecule has 3 heteroatoms. The van der Waals surface area contributed by atoms with Crippen LogP contribution in [0, 0.1) is 11.8 Å². The van der Waals surface area contributed by atoms with Crippen LogP contribution in [0.1, 0.15) is 51.9 Å². The summed E-state index contributed by atoms with van der Waals surface area (Å²) in [6.07, 6.45) is 8.54. The number of carbonyl (C=O) groups is 1. The Hall–Kier alpha value is -0.570. The molecule has 104 valence electrons. The van der Waals surface area contributed by atoms with Gasteiger partial charge in [-0.3, -0.25) is 4.79 Å². The molecule has 0 bridgehead atoms. The molecule has 2 atom stereocenters. The summed E-state index contributed by atoms with van der Waals surface area (Å²) in [7, 11) is 1.98. The first-order chi connectivity index (χ1) is 8.66. The van der Waals surface area contributed by atoms with Crippen LogP contribution in [-0.4, -0.2) is 37.0 Å². The number of piperidine rings is 1. The summed E-state index contributed by atoms with van der Waals surface area (Å²) in [6, 6.07) is 0.400. The first kappa shape index (κ1) is 13.9. The van der Waals surface area contributed by atoms with Crippen LogP contribution in [0.25, 0.3) is 0 Å². The average molecular weight is 252 g/mol. The van der Waals surface area contributed by atoms with Gasteiger partial charge in [-0.05, 0) is 44.1 Å². The number of amides is 1. The maximum Gasteiger partial charge on any atom is 0.223 e. The lowest BCUT2D eigenvalue weighted by molar-refractivity contribution is -0.131. The van der Waals surface area contributed by atoms with Gasteiger partial charge in [-0.2, -0.15) is 0 Å². The Labute approximate surface area is 111 Å². The maximum atomic E-state index is 12.2. The monoisotopic (exact) mass is 252 g/mol. The molecule has 2 unspecified atom stereocenters. The van der Waals surface area contributed by atoms with Gasteiger partial charge in [-0.15, -0.1) is 0 Å². The minimum Gasteiger partial charge on any atom is -0.345 e. The van der Waals surface area contributed by atoms with Crippen molar-refractivity contribution in [3.8, 4) is 0 Å². The van der Waals surface area contributed by atoms with E-state index in [0.717, 1.165) is 19.0 Å². The van der Waals surface area contributed by atoms with Gasteiger partial charge in [0.2, 0.25) is 5.91 Å². The lowest BCUT2D eigenvalue weighted by Crippen LogP contribution is -2.44. The van der Waals surface area contributed by atoms with Gasteiger partial charge in [0.1, 0.15) is 0 Å². The molecule has 3 nitrogen and oxygen atoms in total. The van der Waals surface area contributed by atoms with Crippen molar-refractivity contribution >= 4 is 5.91 Å². The molecule has 0 radical (unpaired) electrons. The lowest BCUT2D eigenvalue weighted by Gasteiger charge is -2.31. The second kappa shape index (κ2) is 6.55. The third-order valence-electron chi connectivity index (χ3n) is 4.76. The smallest absolute Gasteiger partial charge is 0.223 e. The summed E-state index contributed by atoms with van der Waals surface area (Å²) in [6.45, 7) is 4.32. The molecule has 1 heterocycles. The zero-order valence-corrected chi connectivity index (χ0v) is 12.0. The number of nitrogens with zero attached hydrogens (tertiary/aromatic N) is 1. The zero-order chi connectivity index (χ0) is 13.0. The van der Waals surface area contributed by atoms with Gasteiger partial charge in [0.05, 0.1) is 0 Å². The molecule has 1 amide bonds. The highest BCUT2D eigenvalue weighted by molar-refractivity contribution is 5.76. The molecule has 1 saturated heterocycles. The fourth-order valence-corrected chi connectivity index (χ4v) is 3.41. The molecule has 18 heavy (non-hydrogen) atoms. The molecule has 1 N–H and O–H groups in total. The van der Waals surface area contributed by atoms with Crippen LogP contribution >= 0.6 is 0 Å². The van der Waals surface area contributed by atoms with Gasteiger partial charge in [0, 0.05) is 26.1 Å². The standard InChI is InChI=1S/C15H28N2O/c1-12-6-5-9-16-14(12)10-15(18)17(2)11-13-7-3-4-8-13/h12-14,16H,3-11H2,1-2H3. The molecule has 1 aliphatic carbocycles. The van der Waals surface area contributed by atoms with Crippen LogP contribution in [0.4, 0.5) is 0 Å². The van der Waals surface area contributed by atoms with E-state index >= 15 is 0 Å². The first-order valence-electron chi connectivity index (χ1n) is 7.64. The number of hydrogen-bond acceptors (Lipinski definition) is 2. The highest BCUT2D eigenvalue weighted by Gasteiger charge is 2.26. The Balaban J connectivity index is 1.75. The van der Waals surface area contributed by atoms with Gasteiger partial charge >= 0.3 is 0 Å². The Bertz CT molecular complexity index is 274. The Morgan fingerprint density at radius 2 is 1.94 bits per heavy atom. The van der Waals surface area contributed by atoms with Crippen LogP contribution < -0.4 is 5.32 Å². The summed E-state index contributed by atoms with van der Waals surface area (Å²) in [4.78, 5) is 14.2. The van der Waals surface area contributed by atoms with Gasteiger partial charge < -0.3 is 10.2 Å². The van der Waals surface area contributed by atoms with E-state index in [4.69, 9.17) is 0 Å². The van der Waals surface area contributed by atoms with E-state index in [-0.39, 0.29) is 0 Å². The van der Waals surface area contributed by atoms with E-state index in [1.807, 2.05) is 11.9 Å². The van der Waals surface area contributed by atoms with E-state index in [1.165, 1.54) is 38.5 Å². The lowest BCUT2D eigenvalue weighted by atomic mass is 9.90. The summed E-state index contributed by atoms with van der Waals surface area (Å²) in [5.41, 5.74) is 0. The van der Waals surface area contributed by atoms with E-state index < -0.39 is 0 Å². The zero-order valence-electron chi connectivity index (χ0n) is 12.0. The van der Waals surface area contributed by atoms with Crippen LogP contribution in [0.2, 0.25) is 0 Å². The van der Waals surface area contributed by atoms with Crippen molar-refractivity contribution in [2.24, 2.45) is 11.8 Å². The molecule has 1 aliphatic heterocycles. The van der Waals surface area contributed by atoms with Crippen molar-refractivity contribution in [3.63, 3.8) is 0 Å². The molecule has 2 fully saturated rings. The molecule has 2 rings (SSSR count). The van der Waals surface area contributed by atoms with Crippen molar-refractivity contribution in [2.75, 3.05) is 20.1 Å². The molecule has 2 aliphatic rings. The Morgan fingerprint density at radius 3 is 2.61 bits per heavy atom. The van der Waals surface area contributed by atoms with Gasteiger partial charge in [0.15, 0.2) is 0 Å². The summed E-state index contributed by atoms with van der Waals surface area (Å²) >= 11 is 0. The molecule has 0 aromatic rings. The Kier molecular flexibility index (Phi) is 5.04. The first-order valence-corrected chi connectivity index (χ1v) is 7.64. The summed E-state index contributed by atoms with van der Waals surface area (Å²) < 4.78 is 0. The fraction of sp³-hybridized carbons (Fsp3) is 0.933. The third-order valence-corrected chi connectivity index (χ3v) is 4.76. The van der Waals surface area contributed by atoms with Gasteiger partial charge in [0.25, 0.3) is 0 Å². The van der Waals surface area contributed by atoms with Crippen LogP contribution in [0.5, 0.6) is 0 Å². The summed E-state index contributed by atoms with van der Waals surface area (Å²) in [5.74, 6) is 1.73. The summed E-state index contributed by atoms with van der Waals surface area (Å²) in [5, 5.41) is 3.50. The minimum atomic E-state index is 0.327. The number of rotatable bonds is 4. The van der Waals surface area contributed by atoms with Crippen molar-refractivity contribution in [2.45, 2.75) is 57.9 Å². The highest BCUT2D eigenvalue weighted by atomic mass is 16.2. The quantitative estimate of drug-likeness (QED) is 0.833. The average Bonchev–Trinajstić information content (AvgIpc) is 2.84. The maximum absolute atomic E-state index is 12.2. The van der Waals surface area contributed by atoms with E-state index in [9.17, 15) is 4.79 Å². The second-order valence-corrected chi connectivity index (χ2v) is 6.31. The normalized spacial score (nSPS) is 29.4. The van der Waals surface area contributed by atoms with Gasteiger partial charge in [-0.25, -0.2) is 0 Å². The number of nitrogens with one attached hydrogen (secondary N) is 1. The number of carbonyl (C=O) groups excluding carboxylic acids is 1. The predicted octanol–water partition coefficient (Wildman–Crippen LogP) is 2.41. The molecular formula is C15H28N2O. The predicted molar refractivity (Wildman–Crippen MR) is 74.4 cm³/mol. The SMILES string of the molecule is CC1CCCNC1CC(=O)N(C)CC1CCCC1. The molecule has 0 aromatic carbocycles. The topological polar surface area (TPSA) is 32.3 Å². The van der Waals surface area contributed by atoms with Crippen molar-refractivity contribution < 1.29 is 4.79 Å². The fourth-order valence-electron chi connectivity index (χ4n) is 3.41. The third kappa shape index (κ3) is 3.71. The van der Waals surface area contributed by atoms with Crippen LogP contribution in [0.3, 0.4) is 0 Å². The van der Waals surface area contributed by atoms with E-state index in [0.29, 0.717) is 24.3 Å². The van der Waals surface area contributed by atoms with E-state index in [1.54, 1.807) is 0 Å². The van der Waals surface area contributed by atoms with Crippen molar-refractivity contribution in [1.82, 2.24) is 10.2 Å². The van der Waals surface area contributed by atoms with E-state index in [2.05, 4.69) is 12.2 Å². The molecule has 0 spiro atoms. The minimum absolute atomic E-state index is 0.327. The van der Waals surface area contributed by atoms with Crippen molar-refractivity contribution in [3.05, 3.63) is 0 Å². The second-order valence-electron chi connectivity index (χ2n) is 6.31. The van der Waals surface area contributed by atoms with Crippen molar-refractivity contribution in [1.29, 1.82) is 0 Å². The highest BCUT2D eigenvalue weighted by Crippen LogP contribution is 2.25. The largest absolute Gasteiger partial charge is 0.345 e. The van der Waals surface area contributed by atoms with Gasteiger partial charge in [-0.1, -0.05) is 19.8 Å². The molecular weight excluding hydrogens is 224 g/mol. The number of hydrogen-bond donors (Lipinski definition) is 1. The Morgan fingerprint density at radius 1 is 1.22 bits per heavy atom. The van der Waals surface area contributed by atoms with Crippen LogP contribution in [-0.2, 0) is 4.79 Å². The molecule has 0 aromatic heterocycles. The molecule has 1 saturated carbocycles.